The van der Waals surface area contributed by atoms with E-state index in [4.69, 9.17) is 0 Å². The molecule has 192 valence electrons. The summed E-state index contributed by atoms with van der Waals surface area (Å²) in [6.07, 6.45) is -3.10. The molecule has 9 nitrogen and oxygen atoms in total. The minimum atomic E-state index is -4.61. The van der Waals surface area contributed by atoms with E-state index in [1.165, 1.54) is 23.4 Å². The molecule has 1 aliphatic heterocycles. The predicted octanol–water partition coefficient (Wildman–Crippen LogP) is 4.00. The summed E-state index contributed by atoms with van der Waals surface area (Å²) in [7, 11) is 1.75. The highest BCUT2D eigenvalue weighted by Crippen LogP contribution is 2.40. The number of benzene rings is 2. The fourth-order valence-corrected chi connectivity index (χ4v) is 4.45. The first-order chi connectivity index (χ1) is 18.2. The highest BCUT2D eigenvalue weighted by atomic mass is 19.4. The quantitative estimate of drug-likeness (QED) is 0.395. The molecule has 38 heavy (non-hydrogen) atoms. The number of fused-ring (bicyclic) bond motifs is 1. The van der Waals surface area contributed by atoms with Crippen LogP contribution in [-0.4, -0.2) is 43.9 Å². The van der Waals surface area contributed by atoms with E-state index in [9.17, 15) is 28.3 Å². The Hall–Kier alpha value is -4.76. The van der Waals surface area contributed by atoms with Crippen LogP contribution in [0, 0.1) is 11.3 Å². The lowest BCUT2D eigenvalue weighted by Crippen LogP contribution is -2.24. The van der Waals surface area contributed by atoms with Crippen LogP contribution >= 0.6 is 0 Å². The van der Waals surface area contributed by atoms with Gasteiger partial charge in [-0.15, -0.1) is 10.2 Å². The molecule has 0 saturated heterocycles. The minimum Gasteiger partial charge on any atom is -0.395 e. The molecule has 0 fully saturated rings. The van der Waals surface area contributed by atoms with Gasteiger partial charge in [-0.3, -0.25) is 9.69 Å². The summed E-state index contributed by atoms with van der Waals surface area (Å²) >= 11 is 0. The van der Waals surface area contributed by atoms with Gasteiger partial charge in [-0.1, -0.05) is 12.1 Å². The Bertz CT molecular complexity index is 1590. The Kier molecular flexibility index (Phi) is 6.30. The van der Waals surface area contributed by atoms with E-state index >= 15 is 0 Å². The van der Waals surface area contributed by atoms with Gasteiger partial charge < -0.3 is 15.0 Å². The van der Waals surface area contributed by atoms with Crippen LogP contribution in [0.2, 0.25) is 0 Å². The molecule has 5 rings (SSSR count). The van der Waals surface area contributed by atoms with Gasteiger partial charge in [0.25, 0.3) is 5.91 Å². The maximum absolute atomic E-state index is 13.6. The van der Waals surface area contributed by atoms with Gasteiger partial charge in [-0.05, 0) is 53.1 Å². The fraction of sp³-hybridized carbons (Fsp3) is 0.192. The standard InChI is InChI=1S/C26H20F3N7O2/c1-35-14-32-34-24(35)19-9-15(12-30)5-6-17(19)16-10-22(31-7-8-37)33-23(11-16)36-13-20-18(25(36)38)3-2-4-21(20)26(27,28)29/h2-6,9-11,14,37H,7-8,13H2,1H3,(H,31,33). The molecule has 4 aromatic rings. The second kappa shape index (κ2) is 9.60. The van der Waals surface area contributed by atoms with Crippen molar-refractivity contribution >= 4 is 17.5 Å². The maximum Gasteiger partial charge on any atom is 0.416 e. The van der Waals surface area contributed by atoms with E-state index in [1.807, 2.05) is 0 Å². The van der Waals surface area contributed by atoms with Crippen LogP contribution in [0.3, 0.4) is 0 Å². The molecular weight excluding hydrogens is 499 g/mol. The van der Waals surface area contributed by atoms with Gasteiger partial charge in [-0.25, -0.2) is 4.98 Å². The van der Waals surface area contributed by atoms with Crippen LogP contribution in [0.4, 0.5) is 24.8 Å². The average molecular weight is 519 g/mol. The number of rotatable bonds is 6. The van der Waals surface area contributed by atoms with E-state index in [0.29, 0.717) is 33.9 Å². The molecule has 2 aromatic carbocycles. The molecule has 12 heteroatoms. The van der Waals surface area contributed by atoms with Crippen molar-refractivity contribution < 1.29 is 23.1 Å². The number of anilines is 2. The van der Waals surface area contributed by atoms with Crippen LogP contribution in [0.5, 0.6) is 0 Å². The maximum atomic E-state index is 13.6. The SMILES string of the molecule is Cn1cnnc1-c1cc(C#N)ccc1-c1cc(NCCO)nc(N2Cc3c(cccc3C(F)(F)F)C2=O)c1. The predicted molar refractivity (Wildman–Crippen MR) is 132 cm³/mol. The lowest BCUT2D eigenvalue weighted by Gasteiger charge is -2.19. The summed E-state index contributed by atoms with van der Waals surface area (Å²) in [4.78, 5) is 18.9. The zero-order chi connectivity index (χ0) is 27.0. The van der Waals surface area contributed by atoms with Gasteiger partial charge in [0, 0.05) is 24.7 Å². The van der Waals surface area contributed by atoms with Crippen LogP contribution in [0.25, 0.3) is 22.5 Å². The van der Waals surface area contributed by atoms with E-state index in [-0.39, 0.29) is 36.6 Å². The molecule has 1 amide bonds. The van der Waals surface area contributed by atoms with Crippen molar-refractivity contribution in [3.63, 3.8) is 0 Å². The van der Waals surface area contributed by atoms with Gasteiger partial charge in [-0.2, -0.15) is 18.4 Å². The van der Waals surface area contributed by atoms with Gasteiger partial charge in [0.1, 0.15) is 18.0 Å². The number of carbonyl (C=O) groups is 1. The molecular formula is C26H20F3N7O2. The first-order valence-corrected chi connectivity index (χ1v) is 11.5. The lowest BCUT2D eigenvalue weighted by atomic mass is 9.97. The Morgan fingerprint density at radius 2 is 1.95 bits per heavy atom. The Balaban J connectivity index is 1.65. The summed E-state index contributed by atoms with van der Waals surface area (Å²) < 4.78 is 42.6. The Labute approximate surface area is 214 Å². The van der Waals surface area contributed by atoms with Gasteiger partial charge in [0.15, 0.2) is 5.82 Å². The lowest BCUT2D eigenvalue weighted by molar-refractivity contribution is -0.138. The van der Waals surface area contributed by atoms with Crippen molar-refractivity contribution in [2.45, 2.75) is 12.7 Å². The number of hydrogen-bond acceptors (Lipinski definition) is 7. The number of halogens is 3. The molecule has 1 aliphatic rings. The van der Waals surface area contributed by atoms with Crippen molar-refractivity contribution in [2.75, 3.05) is 23.4 Å². The molecule has 2 aromatic heterocycles. The number of hydrogen-bond donors (Lipinski definition) is 2. The zero-order valence-corrected chi connectivity index (χ0v) is 20.0. The number of amides is 1. The van der Waals surface area contributed by atoms with Crippen molar-refractivity contribution in [1.29, 1.82) is 5.26 Å². The number of aryl methyl sites for hydroxylation is 1. The summed E-state index contributed by atoms with van der Waals surface area (Å²) in [5.74, 6) is 0.321. The summed E-state index contributed by atoms with van der Waals surface area (Å²) in [5.41, 5.74) is 1.18. The van der Waals surface area contributed by atoms with E-state index in [1.54, 1.807) is 41.9 Å². The summed E-state index contributed by atoms with van der Waals surface area (Å²) in [6.45, 7) is -0.333. The summed E-state index contributed by atoms with van der Waals surface area (Å²) in [5, 5.41) is 29.8. The smallest absolute Gasteiger partial charge is 0.395 e. The monoisotopic (exact) mass is 519 g/mol. The number of aliphatic hydroxyl groups is 1. The number of carbonyl (C=O) groups excluding carboxylic acids is 1. The molecule has 0 spiro atoms. The van der Waals surface area contributed by atoms with Crippen molar-refractivity contribution in [1.82, 2.24) is 19.7 Å². The number of nitriles is 1. The normalized spacial score (nSPS) is 12.9. The number of alkyl halides is 3. The van der Waals surface area contributed by atoms with Crippen LogP contribution in [0.1, 0.15) is 27.0 Å². The number of aromatic nitrogens is 4. The Morgan fingerprint density at radius 3 is 2.63 bits per heavy atom. The van der Waals surface area contributed by atoms with Crippen LogP contribution < -0.4 is 10.2 Å². The topological polar surface area (TPSA) is 120 Å². The molecule has 0 bridgehead atoms. The second-order valence-electron chi connectivity index (χ2n) is 8.61. The first kappa shape index (κ1) is 24.9. The number of aliphatic hydroxyl groups excluding tert-OH is 1. The van der Waals surface area contributed by atoms with Gasteiger partial charge in [0.2, 0.25) is 0 Å². The Morgan fingerprint density at radius 1 is 1.13 bits per heavy atom. The largest absolute Gasteiger partial charge is 0.416 e. The zero-order valence-electron chi connectivity index (χ0n) is 20.0. The number of pyridine rings is 1. The molecule has 0 atom stereocenters. The van der Waals surface area contributed by atoms with Crippen molar-refractivity contribution in [3.8, 4) is 28.6 Å². The molecule has 0 aliphatic carbocycles. The van der Waals surface area contributed by atoms with E-state index < -0.39 is 17.6 Å². The third-order valence-electron chi connectivity index (χ3n) is 6.19. The molecule has 0 unspecified atom stereocenters. The fourth-order valence-electron chi connectivity index (χ4n) is 4.45. The van der Waals surface area contributed by atoms with Crippen molar-refractivity contribution in [3.05, 3.63) is 77.1 Å². The van der Waals surface area contributed by atoms with Gasteiger partial charge in [0.05, 0.1) is 30.3 Å². The highest BCUT2D eigenvalue weighted by molar-refractivity contribution is 6.10. The molecule has 0 radical (unpaired) electrons. The van der Waals surface area contributed by atoms with Crippen molar-refractivity contribution in [2.24, 2.45) is 7.05 Å². The number of nitrogens with one attached hydrogen (secondary N) is 1. The molecule has 2 N–H and O–H groups in total. The first-order valence-electron chi connectivity index (χ1n) is 11.5. The highest BCUT2D eigenvalue weighted by Gasteiger charge is 2.40. The molecule has 0 saturated carbocycles. The van der Waals surface area contributed by atoms with E-state index in [2.05, 4.69) is 26.6 Å². The third-order valence-corrected chi connectivity index (χ3v) is 6.19. The third kappa shape index (κ3) is 4.44. The van der Waals surface area contributed by atoms with Crippen LogP contribution in [-0.2, 0) is 19.8 Å². The average Bonchev–Trinajstić information content (AvgIpc) is 3.49. The molecule has 3 heterocycles. The van der Waals surface area contributed by atoms with Gasteiger partial charge >= 0.3 is 6.18 Å². The second-order valence-corrected chi connectivity index (χ2v) is 8.61. The summed E-state index contributed by atoms with van der Waals surface area (Å²) in [6, 6.07) is 13.9. The minimum absolute atomic E-state index is 0.0324. The van der Waals surface area contributed by atoms with Crippen LogP contribution in [0.15, 0.2) is 54.9 Å². The van der Waals surface area contributed by atoms with E-state index in [0.717, 1.165) is 6.07 Å². The number of nitrogens with zero attached hydrogens (tertiary/aromatic N) is 6.